The van der Waals surface area contributed by atoms with Crippen molar-refractivity contribution in [3.63, 3.8) is 0 Å². The first-order valence-corrected chi connectivity index (χ1v) is 6.94. The molecule has 106 valence electrons. The van der Waals surface area contributed by atoms with Crippen LogP contribution < -0.4 is 5.32 Å². The molecule has 0 unspecified atom stereocenters. The molecule has 0 spiro atoms. The highest BCUT2D eigenvalue weighted by atomic mass is 16.5. The molecule has 1 fully saturated rings. The van der Waals surface area contributed by atoms with Crippen molar-refractivity contribution in [1.82, 2.24) is 15.5 Å². The Kier molecular flexibility index (Phi) is 3.92. The molecule has 1 amide bonds. The summed E-state index contributed by atoms with van der Waals surface area (Å²) in [5, 5.41) is 6.74. The van der Waals surface area contributed by atoms with Gasteiger partial charge in [-0.05, 0) is 37.5 Å². The normalized spacial score (nSPS) is 27.8. The fraction of sp³-hybridized carbons (Fsp3) is 0.786. The topological polar surface area (TPSA) is 68.0 Å². The molecule has 1 aromatic heterocycles. The smallest absolute Gasteiger partial charge is 0.223 e. The van der Waals surface area contributed by atoms with Gasteiger partial charge in [-0.1, -0.05) is 25.9 Å². The third-order valence-corrected chi connectivity index (χ3v) is 3.88. The molecule has 1 aliphatic carbocycles. The number of amides is 1. The third kappa shape index (κ3) is 3.55. The zero-order valence-corrected chi connectivity index (χ0v) is 12.1. The van der Waals surface area contributed by atoms with Gasteiger partial charge in [-0.25, -0.2) is 0 Å². The summed E-state index contributed by atoms with van der Waals surface area (Å²) >= 11 is 0. The van der Waals surface area contributed by atoms with Gasteiger partial charge in [0.05, 0.1) is 6.04 Å². The highest BCUT2D eigenvalue weighted by Crippen LogP contribution is 2.41. The van der Waals surface area contributed by atoms with E-state index >= 15 is 0 Å². The van der Waals surface area contributed by atoms with Crippen LogP contribution in [-0.2, 0) is 4.79 Å². The Morgan fingerprint density at radius 2 is 2.26 bits per heavy atom. The maximum absolute atomic E-state index is 12.3. The van der Waals surface area contributed by atoms with Crippen LogP contribution >= 0.6 is 0 Å². The van der Waals surface area contributed by atoms with Crippen molar-refractivity contribution in [2.45, 2.75) is 53.0 Å². The van der Waals surface area contributed by atoms with Crippen LogP contribution in [0.1, 0.15) is 58.8 Å². The van der Waals surface area contributed by atoms with Gasteiger partial charge in [0.25, 0.3) is 0 Å². The fourth-order valence-corrected chi connectivity index (χ4v) is 3.31. The van der Waals surface area contributed by atoms with E-state index in [1.165, 1.54) is 12.8 Å². The lowest BCUT2D eigenvalue weighted by molar-refractivity contribution is -0.128. The minimum atomic E-state index is -0.202. The predicted molar refractivity (Wildman–Crippen MR) is 71.1 cm³/mol. The van der Waals surface area contributed by atoms with Gasteiger partial charge >= 0.3 is 0 Å². The van der Waals surface area contributed by atoms with Gasteiger partial charge < -0.3 is 9.84 Å². The van der Waals surface area contributed by atoms with Crippen LogP contribution in [-0.4, -0.2) is 16.0 Å². The maximum Gasteiger partial charge on any atom is 0.223 e. The van der Waals surface area contributed by atoms with E-state index in [4.69, 9.17) is 4.52 Å². The maximum atomic E-state index is 12.3. The second-order valence-corrected chi connectivity index (χ2v) is 6.63. The molecule has 1 heterocycles. The van der Waals surface area contributed by atoms with Crippen LogP contribution in [0.25, 0.3) is 0 Å². The minimum Gasteiger partial charge on any atom is -0.346 e. The summed E-state index contributed by atoms with van der Waals surface area (Å²) in [6.45, 7) is 8.58. The summed E-state index contributed by atoms with van der Waals surface area (Å²) in [5.74, 6) is 1.32. The lowest BCUT2D eigenvalue weighted by Crippen LogP contribution is -2.39. The Labute approximate surface area is 114 Å². The summed E-state index contributed by atoms with van der Waals surface area (Å²) in [4.78, 5) is 16.3. The van der Waals surface area contributed by atoms with Crippen LogP contribution in [0.4, 0.5) is 0 Å². The molecule has 0 bridgehead atoms. The molecule has 1 saturated carbocycles. The van der Waals surface area contributed by atoms with Gasteiger partial charge in [-0.15, -0.1) is 0 Å². The van der Waals surface area contributed by atoms with Crippen molar-refractivity contribution >= 4 is 5.91 Å². The lowest BCUT2D eigenvalue weighted by atomic mass is 9.68. The zero-order valence-electron chi connectivity index (χ0n) is 12.1. The second-order valence-electron chi connectivity index (χ2n) is 6.63. The van der Waals surface area contributed by atoms with Crippen LogP contribution in [0.5, 0.6) is 0 Å². The molecule has 1 aliphatic rings. The van der Waals surface area contributed by atoms with Gasteiger partial charge in [-0.3, -0.25) is 4.79 Å². The summed E-state index contributed by atoms with van der Waals surface area (Å²) < 4.78 is 4.70. The number of nitrogens with one attached hydrogen (secondary N) is 1. The molecule has 3 atom stereocenters. The van der Waals surface area contributed by atoms with Crippen LogP contribution in [0.3, 0.4) is 0 Å². The van der Waals surface area contributed by atoms with Crippen LogP contribution in [0, 0.1) is 17.3 Å². The first-order chi connectivity index (χ1) is 8.87. The number of nitrogens with zero attached hydrogens (tertiary/aromatic N) is 2. The van der Waals surface area contributed by atoms with Crippen molar-refractivity contribution in [2.75, 3.05) is 0 Å². The number of carbonyl (C=O) groups is 1. The molecule has 2 rings (SSSR count). The SMILES string of the molecule is C[C@@H]1C[C@H](C(=O)N[C@@H](C)c2ncon2)CC(C)(C)C1. The Morgan fingerprint density at radius 3 is 2.84 bits per heavy atom. The number of aromatic nitrogens is 2. The number of carbonyl (C=O) groups excluding carboxylic acids is 1. The number of hydrogen-bond donors (Lipinski definition) is 1. The molecule has 0 aliphatic heterocycles. The average molecular weight is 265 g/mol. The summed E-state index contributed by atoms with van der Waals surface area (Å²) in [5.41, 5.74) is 0.245. The molecule has 1 N–H and O–H groups in total. The van der Waals surface area contributed by atoms with E-state index in [1.807, 2.05) is 6.92 Å². The molecule has 0 radical (unpaired) electrons. The van der Waals surface area contributed by atoms with Crippen molar-refractivity contribution in [3.05, 3.63) is 12.2 Å². The van der Waals surface area contributed by atoms with Crippen molar-refractivity contribution in [1.29, 1.82) is 0 Å². The van der Waals surface area contributed by atoms with E-state index in [-0.39, 0.29) is 23.3 Å². The molecule has 5 heteroatoms. The monoisotopic (exact) mass is 265 g/mol. The van der Waals surface area contributed by atoms with Gasteiger partial charge in [0, 0.05) is 5.92 Å². The van der Waals surface area contributed by atoms with E-state index in [9.17, 15) is 4.79 Å². The van der Waals surface area contributed by atoms with Gasteiger partial charge in [-0.2, -0.15) is 4.98 Å². The van der Waals surface area contributed by atoms with E-state index in [2.05, 4.69) is 36.2 Å². The molecule has 1 aromatic rings. The summed E-state index contributed by atoms with van der Waals surface area (Å²) in [6.07, 6.45) is 4.39. The fourth-order valence-electron chi connectivity index (χ4n) is 3.31. The summed E-state index contributed by atoms with van der Waals surface area (Å²) in [6, 6.07) is -0.202. The highest BCUT2D eigenvalue weighted by Gasteiger charge is 2.36. The van der Waals surface area contributed by atoms with Crippen molar-refractivity contribution < 1.29 is 9.32 Å². The number of hydrogen-bond acceptors (Lipinski definition) is 4. The van der Waals surface area contributed by atoms with E-state index < -0.39 is 0 Å². The van der Waals surface area contributed by atoms with E-state index in [0.717, 1.165) is 12.8 Å². The second kappa shape index (κ2) is 5.31. The molecule has 0 saturated heterocycles. The number of rotatable bonds is 3. The Hall–Kier alpha value is -1.39. The molecule has 0 aromatic carbocycles. The van der Waals surface area contributed by atoms with Crippen molar-refractivity contribution in [3.8, 4) is 0 Å². The predicted octanol–water partition coefficient (Wildman–Crippen LogP) is 2.71. The minimum absolute atomic E-state index is 0.0908. The first kappa shape index (κ1) is 14.0. The van der Waals surface area contributed by atoms with Gasteiger partial charge in [0.1, 0.15) is 0 Å². The Balaban J connectivity index is 1.96. The largest absolute Gasteiger partial charge is 0.346 e. The van der Waals surface area contributed by atoms with Crippen molar-refractivity contribution in [2.24, 2.45) is 17.3 Å². The van der Waals surface area contributed by atoms with Gasteiger partial charge in [0.2, 0.25) is 12.3 Å². The van der Waals surface area contributed by atoms with E-state index in [0.29, 0.717) is 11.7 Å². The third-order valence-electron chi connectivity index (χ3n) is 3.88. The summed E-state index contributed by atoms with van der Waals surface area (Å²) in [7, 11) is 0. The lowest BCUT2D eigenvalue weighted by Gasteiger charge is -2.38. The van der Waals surface area contributed by atoms with Crippen LogP contribution in [0.15, 0.2) is 10.9 Å². The zero-order chi connectivity index (χ0) is 14.0. The Morgan fingerprint density at radius 1 is 1.53 bits per heavy atom. The Bertz CT molecular complexity index is 428. The van der Waals surface area contributed by atoms with Gasteiger partial charge in [0.15, 0.2) is 5.82 Å². The molecule has 19 heavy (non-hydrogen) atoms. The molecular weight excluding hydrogens is 242 g/mol. The average Bonchev–Trinajstić information content (AvgIpc) is 2.79. The quantitative estimate of drug-likeness (QED) is 0.912. The van der Waals surface area contributed by atoms with Crippen LogP contribution in [0.2, 0.25) is 0 Å². The molecule has 5 nitrogen and oxygen atoms in total. The molecular formula is C14H23N3O2. The first-order valence-electron chi connectivity index (χ1n) is 6.94. The standard InChI is InChI=1S/C14H23N3O2/c1-9-5-11(7-14(3,4)6-9)13(18)16-10(2)12-15-8-19-17-12/h8-11H,5-7H2,1-4H3,(H,16,18)/t9-,10+,11+/m1/s1. The highest BCUT2D eigenvalue weighted by molar-refractivity contribution is 5.79. The van der Waals surface area contributed by atoms with E-state index in [1.54, 1.807) is 0 Å².